The molecule has 0 saturated heterocycles. The summed E-state index contributed by atoms with van der Waals surface area (Å²) < 4.78 is 0. The second-order valence-corrected chi connectivity index (χ2v) is 11.2. The fraction of sp³-hybridized carbons (Fsp3) is 1.00. The Morgan fingerprint density at radius 2 is 1.55 bits per heavy atom. The van der Waals surface area contributed by atoms with Crippen molar-refractivity contribution >= 4 is 0 Å². The molecule has 1 spiro atoms. The molecule has 0 aromatic carbocycles. The molecule has 0 aliphatic heterocycles. The molecule has 128 valence electrons. The lowest BCUT2D eigenvalue weighted by atomic mass is 9.47. The predicted octanol–water partition coefficient (Wildman–Crippen LogP) is 7.08. The molecule has 0 radical (unpaired) electrons. The van der Waals surface area contributed by atoms with Crippen molar-refractivity contribution in [2.45, 2.75) is 99.8 Å². The van der Waals surface area contributed by atoms with Gasteiger partial charge < -0.3 is 0 Å². The number of hydrogen-bond acceptors (Lipinski definition) is 0. The lowest BCUT2D eigenvalue weighted by Crippen LogP contribution is -2.50. The summed E-state index contributed by atoms with van der Waals surface area (Å²) in [5.41, 5.74) is 2.23. The molecule has 3 saturated carbocycles. The third-order valence-electron chi connectivity index (χ3n) is 9.27. The highest BCUT2D eigenvalue weighted by Crippen LogP contribution is 2.76. The van der Waals surface area contributed by atoms with Gasteiger partial charge in [-0.05, 0) is 77.9 Å². The highest BCUT2D eigenvalue weighted by molar-refractivity contribution is 5.16. The summed E-state index contributed by atoms with van der Waals surface area (Å²) in [6.07, 6.45) is 12.0. The van der Waals surface area contributed by atoms with E-state index in [1.54, 1.807) is 0 Å². The first kappa shape index (κ1) is 16.8. The van der Waals surface area contributed by atoms with Crippen molar-refractivity contribution in [3.63, 3.8) is 0 Å². The summed E-state index contributed by atoms with van der Waals surface area (Å²) in [5.74, 6) is 2.81. The first-order chi connectivity index (χ1) is 10.0. The van der Waals surface area contributed by atoms with E-state index in [0.717, 1.165) is 17.8 Å². The Labute approximate surface area is 139 Å². The van der Waals surface area contributed by atoms with Gasteiger partial charge >= 0.3 is 0 Å². The van der Waals surface area contributed by atoms with E-state index in [2.05, 4.69) is 48.5 Å². The van der Waals surface area contributed by atoms with Gasteiger partial charge in [0.25, 0.3) is 0 Å². The fourth-order valence-corrected chi connectivity index (χ4v) is 7.36. The first-order valence-electron chi connectivity index (χ1n) is 10.0. The van der Waals surface area contributed by atoms with Crippen LogP contribution in [0.5, 0.6) is 0 Å². The van der Waals surface area contributed by atoms with E-state index < -0.39 is 0 Å². The maximum absolute atomic E-state index is 2.65. The molecule has 3 aliphatic rings. The Hall–Kier alpha value is 0. The molecule has 3 bridgehead atoms. The molecule has 0 aromatic heterocycles. The Morgan fingerprint density at radius 3 is 2.18 bits per heavy atom. The van der Waals surface area contributed by atoms with Crippen molar-refractivity contribution in [3.8, 4) is 0 Å². The number of hydrogen-bond donors (Lipinski definition) is 0. The molecule has 3 fully saturated rings. The normalized spacial score (nSPS) is 46.9. The summed E-state index contributed by atoms with van der Waals surface area (Å²) >= 11 is 0. The third-order valence-corrected chi connectivity index (χ3v) is 9.27. The quantitative estimate of drug-likeness (QED) is 0.485. The van der Waals surface area contributed by atoms with Gasteiger partial charge in [0.1, 0.15) is 0 Å². The van der Waals surface area contributed by atoms with Crippen LogP contribution >= 0.6 is 0 Å². The maximum Gasteiger partial charge on any atom is -0.0215 e. The van der Waals surface area contributed by atoms with E-state index in [1.807, 2.05) is 0 Å². The average Bonchev–Trinajstić information content (AvgIpc) is 2.61. The first-order valence-corrected chi connectivity index (χ1v) is 10.0. The molecule has 0 N–H and O–H groups in total. The zero-order valence-corrected chi connectivity index (χ0v) is 16.4. The molecule has 4 atom stereocenters. The lowest BCUT2D eigenvalue weighted by Gasteiger charge is -2.57. The minimum Gasteiger partial charge on any atom is -0.0625 e. The summed E-state index contributed by atoms with van der Waals surface area (Å²) in [6.45, 7) is 18.0. The SMILES string of the molecule is CC(C)C1CCCC23CC(CC1)C(C)(C)C(C)(C2)C(C)(C)C3. The Morgan fingerprint density at radius 1 is 0.864 bits per heavy atom. The fourth-order valence-electron chi connectivity index (χ4n) is 7.36. The summed E-state index contributed by atoms with van der Waals surface area (Å²) in [4.78, 5) is 0. The van der Waals surface area contributed by atoms with E-state index in [0.29, 0.717) is 21.7 Å². The van der Waals surface area contributed by atoms with Gasteiger partial charge in [0.05, 0.1) is 0 Å². The smallest absolute Gasteiger partial charge is 0.0215 e. The van der Waals surface area contributed by atoms with Crippen LogP contribution in [0.3, 0.4) is 0 Å². The van der Waals surface area contributed by atoms with Crippen molar-refractivity contribution in [3.05, 3.63) is 0 Å². The van der Waals surface area contributed by atoms with E-state index in [4.69, 9.17) is 0 Å². The van der Waals surface area contributed by atoms with Gasteiger partial charge in [0.15, 0.2) is 0 Å². The third kappa shape index (κ3) is 2.22. The van der Waals surface area contributed by atoms with Crippen LogP contribution in [-0.2, 0) is 0 Å². The van der Waals surface area contributed by atoms with E-state index in [1.165, 1.54) is 51.4 Å². The zero-order chi connectivity index (χ0) is 16.4. The van der Waals surface area contributed by atoms with Gasteiger partial charge in [-0.1, -0.05) is 61.3 Å². The van der Waals surface area contributed by atoms with Crippen molar-refractivity contribution in [1.82, 2.24) is 0 Å². The maximum atomic E-state index is 2.65. The average molecular weight is 305 g/mol. The second kappa shape index (κ2) is 5.00. The lowest BCUT2D eigenvalue weighted by molar-refractivity contribution is -0.0857. The summed E-state index contributed by atoms with van der Waals surface area (Å²) in [5, 5.41) is 0. The van der Waals surface area contributed by atoms with E-state index in [-0.39, 0.29) is 0 Å². The van der Waals surface area contributed by atoms with Gasteiger partial charge in [-0.25, -0.2) is 0 Å². The van der Waals surface area contributed by atoms with E-state index in [9.17, 15) is 0 Å². The largest absolute Gasteiger partial charge is 0.0625 e. The zero-order valence-electron chi connectivity index (χ0n) is 16.4. The molecule has 0 heterocycles. The van der Waals surface area contributed by atoms with Crippen LogP contribution in [0.1, 0.15) is 99.8 Å². The monoisotopic (exact) mass is 304 g/mol. The van der Waals surface area contributed by atoms with Crippen LogP contribution in [0, 0.1) is 39.4 Å². The molecular weight excluding hydrogens is 264 g/mol. The minimum atomic E-state index is 0.502. The standard InChI is InChI=1S/C22H40/c1-16(2)17-9-8-12-22-13-18(11-10-17)20(5,6)21(7,15-22)19(3,4)14-22/h16-18H,8-15H2,1-7H3. The van der Waals surface area contributed by atoms with Crippen molar-refractivity contribution in [2.75, 3.05) is 0 Å². The molecule has 22 heavy (non-hydrogen) atoms. The van der Waals surface area contributed by atoms with E-state index >= 15 is 0 Å². The number of rotatable bonds is 1. The molecule has 0 nitrogen and oxygen atoms in total. The topological polar surface area (TPSA) is 0 Å². The molecule has 0 heteroatoms. The van der Waals surface area contributed by atoms with Gasteiger partial charge in [-0.2, -0.15) is 0 Å². The van der Waals surface area contributed by atoms with Gasteiger partial charge in [-0.15, -0.1) is 0 Å². The van der Waals surface area contributed by atoms with Gasteiger partial charge in [-0.3, -0.25) is 0 Å². The Kier molecular flexibility index (Phi) is 3.83. The van der Waals surface area contributed by atoms with Gasteiger partial charge in [0.2, 0.25) is 0 Å². The molecular formula is C22H40. The Bertz CT molecular complexity index is 429. The van der Waals surface area contributed by atoms with Crippen LogP contribution in [0.25, 0.3) is 0 Å². The second-order valence-electron chi connectivity index (χ2n) is 11.2. The Balaban J connectivity index is 1.96. The molecule has 3 rings (SSSR count). The van der Waals surface area contributed by atoms with Crippen molar-refractivity contribution < 1.29 is 0 Å². The van der Waals surface area contributed by atoms with Crippen LogP contribution in [0.2, 0.25) is 0 Å². The summed E-state index contributed by atoms with van der Waals surface area (Å²) in [6, 6.07) is 0. The van der Waals surface area contributed by atoms with Crippen LogP contribution < -0.4 is 0 Å². The van der Waals surface area contributed by atoms with Crippen molar-refractivity contribution in [2.24, 2.45) is 39.4 Å². The molecule has 4 unspecified atom stereocenters. The predicted molar refractivity (Wildman–Crippen MR) is 96.9 cm³/mol. The van der Waals surface area contributed by atoms with Crippen LogP contribution in [-0.4, -0.2) is 0 Å². The van der Waals surface area contributed by atoms with Crippen LogP contribution in [0.4, 0.5) is 0 Å². The molecule has 3 aliphatic carbocycles. The molecule has 0 amide bonds. The molecule has 0 aromatic rings. The summed E-state index contributed by atoms with van der Waals surface area (Å²) in [7, 11) is 0. The minimum absolute atomic E-state index is 0.502. The highest BCUT2D eigenvalue weighted by atomic mass is 14.7. The number of fused-ring (bicyclic) bond motifs is 2. The van der Waals surface area contributed by atoms with Crippen LogP contribution in [0.15, 0.2) is 0 Å². The highest BCUT2D eigenvalue weighted by Gasteiger charge is 2.67. The van der Waals surface area contributed by atoms with Crippen molar-refractivity contribution in [1.29, 1.82) is 0 Å². The van der Waals surface area contributed by atoms with Gasteiger partial charge in [0, 0.05) is 0 Å².